The van der Waals surface area contributed by atoms with E-state index in [4.69, 9.17) is 24.3 Å². The van der Waals surface area contributed by atoms with Crippen LogP contribution >= 0.6 is 7.82 Å². The molecule has 0 heterocycles. The summed E-state index contributed by atoms with van der Waals surface area (Å²) in [6.07, 6.45) is 39.5. The standard InChI is InChI=1S/C42H82NO8P/c1-3-5-7-9-11-13-15-17-19-20-21-23-24-26-28-30-32-34-41(44)48-38-40(39-50-52(46,47)49-37-36-43)51-42(45)35-33-31-29-27-25-22-18-16-14-12-10-8-6-4-2/h17,19,40H,3-16,18,20-39,43H2,1-2H3,(H,46,47)/b19-17+/t40-/m1/s1. The van der Waals surface area contributed by atoms with Crippen molar-refractivity contribution in [1.29, 1.82) is 0 Å². The monoisotopic (exact) mass is 760 g/mol. The van der Waals surface area contributed by atoms with Crippen molar-refractivity contribution in [2.45, 2.75) is 219 Å². The summed E-state index contributed by atoms with van der Waals surface area (Å²) in [4.78, 5) is 34.8. The number of ether oxygens (including phenoxy) is 2. The molecule has 0 amide bonds. The predicted molar refractivity (Wildman–Crippen MR) is 215 cm³/mol. The lowest BCUT2D eigenvalue weighted by Crippen LogP contribution is -2.29. The number of carbonyl (C=O) groups is 2. The zero-order valence-corrected chi connectivity index (χ0v) is 34.7. The summed E-state index contributed by atoms with van der Waals surface area (Å²) in [6.45, 7) is 3.75. The Morgan fingerprint density at radius 2 is 0.942 bits per heavy atom. The normalized spacial score (nSPS) is 13.4. The number of unbranched alkanes of at least 4 members (excludes halogenated alkanes) is 26. The molecule has 0 aliphatic heterocycles. The summed E-state index contributed by atoms with van der Waals surface area (Å²) >= 11 is 0. The first kappa shape index (κ1) is 50.8. The van der Waals surface area contributed by atoms with Gasteiger partial charge in [-0.25, -0.2) is 4.57 Å². The molecular formula is C42H82NO8P. The first-order valence-electron chi connectivity index (χ1n) is 21.7. The van der Waals surface area contributed by atoms with Crippen LogP contribution in [0.5, 0.6) is 0 Å². The van der Waals surface area contributed by atoms with Crippen molar-refractivity contribution in [3.8, 4) is 0 Å². The van der Waals surface area contributed by atoms with Crippen LogP contribution in [0.1, 0.15) is 213 Å². The van der Waals surface area contributed by atoms with Crippen molar-refractivity contribution in [2.75, 3.05) is 26.4 Å². The summed E-state index contributed by atoms with van der Waals surface area (Å²) in [7, 11) is -4.37. The second kappa shape index (κ2) is 39.4. The van der Waals surface area contributed by atoms with E-state index < -0.39 is 26.5 Å². The minimum atomic E-state index is -4.37. The van der Waals surface area contributed by atoms with Gasteiger partial charge >= 0.3 is 19.8 Å². The molecule has 0 aromatic carbocycles. The van der Waals surface area contributed by atoms with Crippen LogP contribution in [-0.4, -0.2) is 49.3 Å². The molecule has 0 fully saturated rings. The fraction of sp³-hybridized carbons (Fsp3) is 0.905. The third kappa shape index (κ3) is 38.5. The van der Waals surface area contributed by atoms with E-state index in [2.05, 4.69) is 26.0 Å². The van der Waals surface area contributed by atoms with Gasteiger partial charge in [-0.3, -0.25) is 18.6 Å². The molecule has 0 aliphatic rings. The van der Waals surface area contributed by atoms with Crippen molar-refractivity contribution in [3.05, 3.63) is 12.2 Å². The number of phosphoric ester groups is 1. The van der Waals surface area contributed by atoms with Crippen LogP contribution in [0, 0.1) is 0 Å². The van der Waals surface area contributed by atoms with E-state index in [9.17, 15) is 19.0 Å². The summed E-state index contributed by atoms with van der Waals surface area (Å²) in [5.41, 5.74) is 5.34. The minimum Gasteiger partial charge on any atom is -0.462 e. The molecule has 0 saturated heterocycles. The van der Waals surface area contributed by atoms with E-state index in [1.54, 1.807) is 0 Å². The van der Waals surface area contributed by atoms with Gasteiger partial charge in [0.05, 0.1) is 13.2 Å². The van der Waals surface area contributed by atoms with E-state index in [1.807, 2.05) is 0 Å². The largest absolute Gasteiger partial charge is 0.472 e. The molecule has 2 atom stereocenters. The molecule has 0 rings (SSSR count). The summed E-state index contributed by atoms with van der Waals surface area (Å²) in [6, 6.07) is 0. The third-order valence-electron chi connectivity index (χ3n) is 9.40. The van der Waals surface area contributed by atoms with Gasteiger partial charge in [-0.2, -0.15) is 0 Å². The number of hydrogen-bond donors (Lipinski definition) is 2. The van der Waals surface area contributed by atoms with Crippen LogP contribution < -0.4 is 5.73 Å². The van der Waals surface area contributed by atoms with E-state index in [-0.39, 0.29) is 38.6 Å². The van der Waals surface area contributed by atoms with Gasteiger partial charge in [0.2, 0.25) is 0 Å². The highest BCUT2D eigenvalue weighted by atomic mass is 31.2. The van der Waals surface area contributed by atoms with E-state index in [1.165, 1.54) is 148 Å². The highest BCUT2D eigenvalue weighted by Crippen LogP contribution is 2.43. The lowest BCUT2D eigenvalue weighted by atomic mass is 10.0. The van der Waals surface area contributed by atoms with Crippen LogP contribution in [0.25, 0.3) is 0 Å². The molecule has 3 N–H and O–H groups in total. The van der Waals surface area contributed by atoms with Crippen LogP contribution in [0.3, 0.4) is 0 Å². The van der Waals surface area contributed by atoms with Gasteiger partial charge in [0.1, 0.15) is 6.61 Å². The van der Waals surface area contributed by atoms with Gasteiger partial charge in [-0.1, -0.05) is 174 Å². The molecule has 52 heavy (non-hydrogen) atoms. The van der Waals surface area contributed by atoms with Crippen molar-refractivity contribution in [3.63, 3.8) is 0 Å². The van der Waals surface area contributed by atoms with Crippen molar-refractivity contribution < 1.29 is 37.6 Å². The van der Waals surface area contributed by atoms with Gasteiger partial charge in [-0.05, 0) is 38.5 Å². The van der Waals surface area contributed by atoms with E-state index in [0.717, 1.165) is 32.1 Å². The van der Waals surface area contributed by atoms with Crippen LogP contribution in [-0.2, 0) is 32.7 Å². The second-order valence-electron chi connectivity index (χ2n) is 14.6. The Hall–Kier alpha value is -1.25. The Balaban J connectivity index is 4.12. The Kier molecular flexibility index (Phi) is 38.5. The molecule has 0 aromatic rings. The Bertz CT molecular complexity index is 871. The summed E-state index contributed by atoms with van der Waals surface area (Å²) in [5.74, 6) is -0.823. The number of nitrogens with two attached hydrogens (primary N) is 1. The molecule has 308 valence electrons. The van der Waals surface area contributed by atoms with Gasteiger partial charge in [0.25, 0.3) is 0 Å². The molecule has 1 unspecified atom stereocenters. The average Bonchev–Trinajstić information content (AvgIpc) is 3.13. The van der Waals surface area contributed by atoms with Gasteiger partial charge in [-0.15, -0.1) is 0 Å². The molecule has 9 nitrogen and oxygen atoms in total. The van der Waals surface area contributed by atoms with Crippen molar-refractivity contribution in [1.82, 2.24) is 0 Å². The Morgan fingerprint density at radius 1 is 0.558 bits per heavy atom. The quantitative estimate of drug-likeness (QED) is 0.0270. The Morgan fingerprint density at radius 3 is 1.37 bits per heavy atom. The fourth-order valence-corrected chi connectivity index (χ4v) is 6.92. The maximum atomic E-state index is 12.6. The maximum absolute atomic E-state index is 12.6. The third-order valence-corrected chi connectivity index (χ3v) is 10.4. The number of hydrogen-bond acceptors (Lipinski definition) is 8. The second-order valence-corrected chi connectivity index (χ2v) is 16.0. The SMILES string of the molecule is CCCCCCCC/C=C/CCCCCCCCCC(=O)OC[C@H](COP(=O)(O)OCCN)OC(=O)CCCCCCCCCCCCCCCC. The highest BCUT2D eigenvalue weighted by molar-refractivity contribution is 7.47. The first-order chi connectivity index (χ1) is 25.3. The van der Waals surface area contributed by atoms with Crippen LogP contribution in [0.2, 0.25) is 0 Å². The van der Waals surface area contributed by atoms with Gasteiger partial charge < -0.3 is 20.1 Å². The molecular weight excluding hydrogens is 677 g/mol. The average molecular weight is 760 g/mol. The summed E-state index contributed by atoms with van der Waals surface area (Å²) < 4.78 is 32.8. The predicted octanol–water partition coefficient (Wildman–Crippen LogP) is 12.2. The number of rotatable bonds is 41. The van der Waals surface area contributed by atoms with E-state index in [0.29, 0.717) is 6.42 Å². The zero-order valence-electron chi connectivity index (χ0n) is 33.8. The zero-order chi connectivity index (χ0) is 38.2. The van der Waals surface area contributed by atoms with Gasteiger partial charge in [0, 0.05) is 19.4 Å². The summed E-state index contributed by atoms with van der Waals surface area (Å²) in [5, 5.41) is 0. The lowest BCUT2D eigenvalue weighted by molar-refractivity contribution is -0.161. The maximum Gasteiger partial charge on any atom is 0.472 e. The molecule has 0 saturated carbocycles. The highest BCUT2D eigenvalue weighted by Gasteiger charge is 2.26. The molecule has 0 radical (unpaired) electrons. The molecule has 10 heteroatoms. The Labute approximate surface area is 319 Å². The van der Waals surface area contributed by atoms with E-state index >= 15 is 0 Å². The molecule has 0 spiro atoms. The molecule has 0 aromatic heterocycles. The first-order valence-corrected chi connectivity index (χ1v) is 23.2. The number of esters is 2. The lowest BCUT2D eigenvalue weighted by Gasteiger charge is -2.19. The fourth-order valence-electron chi connectivity index (χ4n) is 6.16. The smallest absolute Gasteiger partial charge is 0.462 e. The van der Waals surface area contributed by atoms with Crippen molar-refractivity contribution >= 4 is 19.8 Å². The van der Waals surface area contributed by atoms with Gasteiger partial charge in [0.15, 0.2) is 6.10 Å². The van der Waals surface area contributed by atoms with Crippen LogP contribution in [0.4, 0.5) is 0 Å². The minimum absolute atomic E-state index is 0.0557. The van der Waals surface area contributed by atoms with Crippen molar-refractivity contribution in [2.24, 2.45) is 5.73 Å². The number of phosphoric acid groups is 1. The number of carbonyl (C=O) groups excluding carboxylic acids is 2. The number of allylic oxidation sites excluding steroid dienone is 2. The molecule has 0 bridgehead atoms. The molecule has 0 aliphatic carbocycles. The topological polar surface area (TPSA) is 134 Å². The van der Waals surface area contributed by atoms with Crippen LogP contribution in [0.15, 0.2) is 12.2 Å².